The van der Waals surface area contributed by atoms with Crippen LogP contribution in [-0.2, 0) is 0 Å². The molecule has 2 aromatic carbocycles. The number of ether oxygens (including phenoxy) is 1. The quantitative estimate of drug-likeness (QED) is 0.900. The molecule has 0 amide bonds. The zero-order valence-electron chi connectivity index (χ0n) is 11.7. The highest BCUT2D eigenvalue weighted by Gasteiger charge is 2.13. The molecule has 20 heavy (non-hydrogen) atoms. The summed E-state index contributed by atoms with van der Waals surface area (Å²) in [5.74, 6) is -0.147. The lowest BCUT2D eigenvalue weighted by Crippen LogP contribution is -2.12. The van der Waals surface area contributed by atoms with Gasteiger partial charge in [-0.05, 0) is 37.2 Å². The Morgan fingerprint density at radius 2 is 2.00 bits per heavy atom. The van der Waals surface area contributed by atoms with E-state index in [1.165, 1.54) is 7.11 Å². The normalized spacial score (nSPS) is 12.2. The SMILES string of the molecule is CNC(C)c1ccc(-c2cccc(OC)c2F)cc1Cl. The summed E-state index contributed by atoms with van der Waals surface area (Å²) in [5.41, 5.74) is 2.20. The van der Waals surface area contributed by atoms with Crippen molar-refractivity contribution in [3.05, 3.63) is 52.8 Å². The van der Waals surface area contributed by atoms with E-state index < -0.39 is 0 Å². The summed E-state index contributed by atoms with van der Waals surface area (Å²) in [6.45, 7) is 2.02. The Balaban J connectivity index is 2.47. The van der Waals surface area contributed by atoms with Crippen molar-refractivity contribution in [2.45, 2.75) is 13.0 Å². The number of hydrogen-bond donors (Lipinski definition) is 1. The highest BCUT2D eigenvalue weighted by molar-refractivity contribution is 6.31. The topological polar surface area (TPSA) is 21.3 Å². The standard InChI is InChI=1S/C16H17ClFNO/c1-10(19-2)12-8-7-11(9-14(12)17)13-5-4-6-15(20-3)16(13)18/h4-10,19H,1-3H3. The van der Waals surface area contributed by atoms with Crippen molar-refractivity contribution in [3.63, 3.8) is 0 Å². The Labute approximate surface area is 123 Å². The summed E-state index contributed by atoms with van der Waals surface area (Å²) in [4.78, 5) is 0. The molecule has 0 bridgehead atoms. The fourth-order valence-corrected chi connectivity index (χ4v) is 2.44. The maximum Gasteiger partial charge on any atom is 0.172 e. The maximum atomic E-state index is 14.2. The Bertz CT molecular complexity index is 615. The minimum absolute atomic E-state index is 0.145. The second-order valence-electron chi connectivity index (χ2n) is 4.57. The molecule has 4 heteroatoms. The lowest BCUT2D eigenvalue weighted by atomic mass is 10.0. The van der Waals surface area contributed by atoms with Crippen LogP contribution in [0.5, 0.6) is 5.75 Å². The first-order chi connectivity index (χ1) is 9.58. The monoisotopic (exact) mass is 293 g/mol. The average molecular weight is 294 g/mol. The van der Waals surface area contributed by atoms with Crippen LogP contribution in [0.3, 0.4) is 0 Å². The van der Waals surface area contributed by atoms with Gasteiger partial charge in [-0.1, -0.05) is 35.9 Å². The summed E-state index contributed by atoms with van der Waals surface area (Å²) in [6, 6.07) is 10.8. The van der Waals surface area contributed by atoms with E-state index in [1.807, 2.05) is 26.1 Å². The maximum absolute atomic E-state index is 14.2. The number of rotatable bonds is 4. The van der Waals surface area contributed by atoms with Gasteiger partial charge < -0.3 is 10.1 Å². The summed E-state index contributed by atoms with van der Waals surface area (Å²) in [7, 11) is 3.32. The molecule has 0 radical (unpaired) electrons. The summed E-state index contributed by atoms with van der Waals surface area (Å²) in [6.07, 6.45) is 0. The third-order valence-electron chi connectivity index (χ3n) is 3.39. The van der Waals surface area contributed by atoms with E-state index in [2.05, 4.69) is 5.32 Å². The molecule has 0 fully saturated rings. The minimum Gasteiger partial charge on any atom is -0.494 e. The van der Waals surface area contributed by atoms with Crippen LogP contribution >= 0.6 is 11.6 Å². The van der Waals surface area contributed by atoms with E-state index in [4.69, 9.17) is 16.3 Å². The van der Waals surface area contributed by atoms with Crippen LogP contribution in [0.2, 0.25) is 5.02 Å². The predicted molar refractivity (Wildman–Crippen MR) is 80.9 cm³/mol. The van der Waals surface area contributed by atoms with Crippen LogP contribution in [0.1, 0.15) is 18.5 Å². The molecule has 0 heterocycles. The Morgan fingerprint density at radius 1 is 1.25 bits per heavy atom. The van der Waals surface area contributed by atoms with E-state index in [9.17, 15) is 4.39 Å². The molecule has 106 valence electrons. The molecule has 1 unspecified atom stereocenters. The van der Waals surface area contributed by atoms with Crippen molar-refractivity contribution in [2.75, 3.05) is 14.2 Å². The van der Waals surface area contributed by atoms with Gasteiger partial charge in [0.1, 0.15) is 0 Å². The van der Waals surface area contributed by atoms with E-state index in [-0.39, 0.29) is 17.6 Å². The zero-order chi connectivity index (χ0) is 14.7. The van der Waals surface area contributed by atoms with Gasteiger partial charge in [-0.15, -0.1) is 0 Å². The van der Waals surface area contributed by atoms with Crippen LogP contribution < -0.4 is 10.1 Å². The third-order valence-corrected chi connectivity index (χ3v) is 3.72. The smallest absolute Gasteiger partial charge is 0.172 e. The van der Waals surface area contributed by atoms with E-state index >= 15 is 0 Å². The van der Waals surface area contributed by atoms with Crippen molar-refractivity contribution in [2.24, 2.45) is 0 Å². The Morgan fingerprint density at radius 3 is 2.60 bits per heavy atom. The number of hydrogen-bond acceptors (Lipinski definition) is 2. The van der Waals surface area contributed by atoms with Gasteiger partial charge in [-0.2, -0.15) is 0 Å². The number of benzene rings is 2. The molecule has 1 atom stereocenters. The van der Waals surface area contributed by atoms with Crippen LogP contribution in [0, 0.1) is 5.82 Å². The van der Waals surface area contributed by atoms with Crippen molar-refractivity contribution >= 4 is 11.6 Å². The molecule has 2 rings (SSSR count). The highest BCUT2D eigenvalue weighted by atomic mass is 35.5. The molecular formula is C16H17ClFNO. The van der Waals surface area contributed by atoms with Crippen molar-refractivity contribution in [1.82, 2.24) is 5.32 Å². The molecule has 0 aliphatic carbocycles. The van der Waals surface area contributed by atoms with Gasteiger partial charge in [-0.3, -0.25) is 0 Å². The van der Waals surface area contributed by atoms with Crippen molar-refractivity contribution in [1.29, 1.82) is 0 Å². The summed E-state index contributed by atoms with van der Waals surface area (Å²) < 4.78 is 19.2. The Kier molecular flexibility index (Phi) is 4.63. The molecule has 0 saturated carbocycles. The van der Waals surface area contributed by atoms with E-state index in [1.54, 1.807) is 24.3 Å². The first-order valence-corrected chi connectivity index (χ1v) is 6.76. The fourth-order valence-electron chi connectivity index (χ4n) is 2.09. The van der Waals surface area contributed by atoms with Crippen LogP contribution in [0.15, 0.2) is 36.4 Å². The predicted octanol–water partition coefficient (Wildman–Crippen LogP) is 4.44. The molecule has 0 aliphatic heterocycles. The summed E-state index contributed by atoms with van der Waals surface area (Å²) >= 11 is 6.29. The number of methoxy groups -OCH3 is 1. The van der Waals surface area contributed by atoms with Gasteiger partial charge in [-0.25, -0.2) is 4.39 Å². The third kappa shape index (κ3) is 2.79. The zero-order valence-corrected chi connectivity index (χ0v) is 12.5. The van der Waals surface area contributed by atoms with Gasteiger partial charge in [0.25, 0.3) is 0 Å². The van der Waals surface area contributed by atoms with Gasteiger partial charge >= 0.3 is 0 Å². The molecule has 0 aromatic heterocycles. The van der Waals surface area contributed by atoms with Crippen LogP contribution in [0.25, 0.3) is 11.1 Å². The molecular weight excluding hydrogens is 277 g/mol. The second-order valence-corrected chi connectivity index (χ2v) is 4.98. The second kappa shape index (κ2) is 6.25. The van der Waals surface area contributed by atoms with Crippen LogP contribution in [0.4, 0.5) is 4.39 Å². The summed E-state index contributed by atoms with van der Waals surface area (Å²) in [5, 5.41) is 3.75. The van der Waals surface area contributed by atoms with Crippen molar-refractivity contribution in [3.8, 4) is 16.9 Å². The largest absolute Gasteiger partial charge is 0.494 e. The lowest BCUT2D eigenvalue weighted by molar-refractivity contribution is 0.387. The minimum atomic E-state index is -0.375. The van der Waals surface area contributed by atoms with Crippen LogP contribution in [-0.4, -0.2) is 14.2 Å². The molecule has 0 aliphatic rings. The highest BCUT2D eigenvalue weighted by Crippen LogP contribution is 2.33. The van der Waals surface area contributed by atoms with Gasteiger partial charge in [0, 0.05) is 16.6 Å². The number of halogens is 2. The van der Waals surface area contributed by atoms with E-state index in [0.717, 1.165) is 11.1 Å². The molecule has 0 saturated heterocycles. The van der Waals surface area contributed by atoms with Gasteiger partial charge in [0.2, 0.25) is 0 Å². The number of nitrogens with one attached hydrogen (secondary N) is 1. The van der Waals surface area contributed by atoms with Gasteiger partial charge in [0.05, 0.1) is 7.11 Å². The molecule has 0 spiro atoms. The van der Waals surface area contributed by atoms with E-state index in [0.29, 0.717) is 10.6 Å². The first-order valence-electron chi connectivity index (χ1n) is 6.38. The Hall–Kier alpha value is -1.58. The lowest BCUT2D eigenvalue weighted by Gasteiger charge is -2.14. The molecule has 1 N–H and O–H groups in total. The molecule has 2 aromatic rings. The molecule has 2 nitrogen and oxygen atoms in total. The fraction of sp³-hybridized carbons (Fsp3) is 0.250. The van der Waals surface area contributed by atoms with Crippen molar-refractivity contribution < 1.29 is 9.13 Å². The average Bonchev–Trinajstić information content (AvgIpc) is 2.46. The van der Waals surface area contributed by atoms with Gasteiger partial charge in [0.15, 0.2) is 11.6 Å². The first kappa shape index (κ1) is 14.8.